The number of rotatable bonds is 4. The molecule has 4 rings (SSSR count). The summed E-state index contributed by atoms with van der Waals surface area (Å²) in [6.45, 7) is 2.79. The van der Waals surface area contributed by atoms with E-state index in [1.165, 1.54) is 0 Å². The number of para-hydroxylation sites is 1. The molecule has 3 aromatic rings. The predicted molar refractivity (Wildman–Crippen MR) is 113 cm³/mol. The van der Waals surface area contributed by atoms with E-state index in [1.807, 2.05) is 53.4 Å². The standard InChI is InChI=1S/C23H22N4O2/c28-22(25-20-6-2-1-3-7-20)18-9-11-19(12-10-18)23(29)27-16-14-26(15-17-27)21-8-4-5-13-24-21/h1-13H,14-17H2,(H,25,28). The van der Waals surface area contributed by atoms with Crippen LogP contribution in [0.15, 0.2) is 79.0 Å². The van der Waals surface area contributed by atoms with E-state index in [-0.39, 0.29) is 11.8 Å². The molecule has 6 heteroatoms. The van der Waals surface area contributed by atoms with Gasteiger partial charge < -0.3 is 15.1 Å². The van der Waals surface area contributed by atoms with E-state index in [0.717, 1.165) is 24.6 Å². The lowest BCUT2D eigenvalue weighted by molar-refractivity contribution is 0.0746. The maximum Gasteiger partial charge on any atom is 0.255 e. The first-order valence-electron chi connectivity index (χ1n) is 9.62. The zero-order chi connectivity index (χ0) is 20.1. The lowest BCUT2D eigenvalue weighted by Gasteiger charge is -2.35. The Bertz CT molecular complexity index is 967. The van der Waals surface area contributed by atoms with Crippen LogP contribution in [0.3, 0.4) is 0 Å². The fourth-order valence-electron chi connectivity index (χ4n) is 3.35. The molecule has 2 amide bonds. The Morgan fingerprint density at radius 3 is 2.07 bits per heavy atom. The molecule has 146 valence electrons. The normalized spacial score (nSPS) is 13.8. The molecular formula is C23H22N4O2. The van der Waals surface area contributed by atoms with Gasteiger partial charge in [-0.05, 0) is 48.5 Å². The summed E-state index contributed by atoms with van der Waals surface area (Å²) in [5.74, 6) is 0.730. The summed E-state index contributed by atoms with van der Waals surface area (Å²) in [7, 11) is 0. The fourth-order valence-corrected chi connectivity index (χ4v) is 3.35. The van der Waals surface area contributed by atoms with E-state index >= 15 is 0 Å². The largest absolute Gasteiger partial charge is 0.353 e. The number of amides is 2. The van der Waals surface area contributed by atoms with Crippen LogP contribution >= 0.6 is 0 Å². The van der Waals surface area contributed by atoms with Gasteiger partial charge in [-0.2, -0.15) is 0 Å². The molecule has 1 saturated heterocycles. The average Bonchev–Trinajstić information content (AvgIpc) is 2.80. The van der Waals surface area contributed by atoms with Gasteiger partial charge in [-0.3, -0.25) is 9.59 Å². The van der Waals surface area contributed by atoms with Gasteiger partial charge in [0.05, 0.1) is 0 Å². The van der Waals surface area contributed by atoms with Crippen molar-refractivity contribution < 1.29 is 9.59 Å². The van der Waals surface area contributed by atoms with Gasteiger partial charge in [0.1, 0.15) is 5.82 Å². The van der Waals surface area contributed by atoms with Crippen LogP contribution in [0.2, 0.25) is 0 Å². The molecule has 0 spiro atoms. The summed E-state index contributed by atoms with van der Waals surface area (Å²) in [5.41, 5.74) is 1.85. The Morgan fingerprint density at radius 1 is 0.759 bits per heavy atom. The maximum atomic E-state index is 12.8. The highest BCUT2D eigenvalue weighted by Gasteiger charge is 2.23. The third-order valence-electron chi connectivity index (χ3n) is 4.97. The molecule has 0 bridgehead atoms. The second-order valence-electron chi connectivity index (χ2n) is 6.86. The molecule has 0 aliphatic carbocycles. The molecule has 0 atom stereocenters. The third-order valence-corrected chi connectivity index (χ3v) is 4.97. The first-order chi connectivity index (χ1) is 14.2. The molecule has 1 aliphatic rings. The Kier molecular flexibility index (Phi) is 5.52. The van der Waals surface area contributed by atoms with Crippen LogP contribution in [0.1, 0.15) is 20.7 Å². The van der Waals surface area contributed by atoms with Crippen molar-refractivity contribution in [2.24, 2.45) is 0 Å². The average molecular weight is 386 g/mol. The number of benzene rings is 2. The Morgan fingerprint density at radius 2 is 1.41 bits per heavy atom. The minimum Gasteiger partial charge on any atom is -0.353 e. The van der Waals surface area contributed by atoms with Crippen molar-refractivity contribution in [3.05, 3.63) is 90.1 Å². The van der Waals surface area contributed by atoms with Crippen LogP contribution in [0.25, 0.3) is 0 Å². The molecule has 0 radical (unpaired) electrons. The van der Waals surface area contributed by atoms with Gasteiger partial charge in [-0.25, -0.2) is 4.98 Å². The Hall–Kier alpha value is -3.67. The van der Waals surface area contributed by atoms with Gasteiger partial charge in [0.15, 0.2) is 0 Å². The van der Waals surface area contributed by atoms with Crippen molar-refractivity contribution in [3.8, 4) is 0 Å². The van der Waals surface area contributed by atoms with Crippen molar-refractivity contribution >= 4 is 23.3 Å². The van der Waals surface area contributed by atoms with Gasteiger partial charge in [0.25, 0.3) is 11.8 Å². The SMILES string of the molecule is O=C(Nc1ccccc1)c1ccc(C(=O)N2CCN(c3ccccn3)CC2)cc1. The number of pyridine rings is 1. The number of hydrogen-bond donors (Lipinski definition) is 1. The Balaban J connectivity index is 1.35. The van der Waals surface area contributed by atoms with Crippen molar-refractivity contribution in [3.63, 3.8) is 0 Å². The lowest BCUT2D eigenvalue weighted by atomic mass is 10.1. The van der Waals surface area contributed by atoms with E-state index in [9.17, 15) is 9.59 Å². The number of piperazine rings is 1. The van der Waals surface area contributed by atoms with E-state index in [2.05, 4.69) is 15.2 Å². The topological polar surface area (TPSA) is 65.5 Å². The molecule has 6 nitrogen and oxygen atoms in total. The molecule has 1 N–H and O–H groups in total. The van der Waals surface area contributed by atoms with Crippen LogP contribution in [0.4, 0.5) is 11.5 Å². The molecule has 2 aromatic carbocycles. The lowest BCUT2D eigenvalue weighted by Crippen LogP contribution is -2.49. The molecule has 1 fully saturated rings. The summed E-state index contributed by atoms with van der Waals surface area (Å²) in [6, 6.07) is 22.0. The van der Waals surface area contributed by atoms with E-state index in [1.54, 1.807) is 30.5 Å². The fraction of sp³-hybridized carbons (Fsp3) is 0.174. The number of anilines is 2. The minimum atomic E-state index is -0.195. The zero-order valence-electron chi connectivity index (χ0n) is 16.0. The highest BCUT2D eigenvalue weighted by molar-refractivity contribution is 6.05. The first-order valence-corrected chi connectivity index (χ1v) is 9.62. The number of carbonyl (C=O) groups excluding carboxylic acids is 2. The van der Waals surface area contributed by atoms with Crippen molar-refractivity contribution in [2.45, 2.75) is 0 Å². The molecular weight excluding hydrogens is 364 g/mol. The third kappa shape index (κ3) is 4.43. The second kappa shape index (κ2) is 8.56. The minimum absolute atomic E-state index is 0.0133. The summed E-state index contributed by atoms with van der Waals surface area (Å²) in [6.07, 6.45) is 1.78. The van der Waals surface area contributed by atoms with Crippen molar-refractivity contribution in [1.82, 2.24) is 9.88 Å². The number of nitrogens with one attached hydrogen (secondary N) is 1. The number of carbonyl (C=O) groups is 2. The van der Waals surface area contributed by atoms with E-state index in [0.29, 0.717) is 24.2 Å². The summed E-state index contributed by atoms with van der Waals surface area (Å²) in [5, 5.41) is 2.84. The second-order valence-corrected chi connectivity index (χ2v) is 6.86. The molecule has 29 heavy (non-hydrogen) atoms. The van der Waals surface area contributed by atoms with E-state index in [4.69, 9.17) is 0 Å². The van der Waals surface area contributed by atoms with Crippen molar-refractivity contribution in [2.75, 3.05) is 36.4 Å². The molecule has 0 saturated carbocycles. The predicted octanol–water partition coefficient (Wildman–Crippen LogP) is 3.30. The van der Waals surface area contributed by atoms with Crippen molar-refractivity contribution in [1.29, 1.82) is 0 Å². The summed E-state index contributed by atoms with van der Waals surface area (Å²) < 4.78 is 0. The number of nitrogens with zero attached hydrogens (tertiary/aromatic N) is 3. The van der Waals surface area contributed by atoms with Crippen LogP contribution in [0, 0.1) is 0 Å². The quantitative estimate of drug-likeness (QED) is 0.747. The van der Waals surface area contributed by atoms with Crippen LogP contribution in [0.5, 0.6) is 0 Å². The first kappa shape index (κ1) is 18.7. The highest BCUT2D eigenvalue weighted by atomic mass is 16.2. The number of hydrogen-bond acceptors (Lipinski definition) is 4. The molecule has 0 unspecified atom stereocenters. The molecule has 1 aliphatic heterocycles. The monoisotopic (exact) mass is 386 g/mol. The molecule has 2 heterocycles. The maximum absolute atomic E-state index is 12.8. The number of aromatic nitrogens is 1. The van der Waals surface area contributed by atoms with Gasteiger partial charge in [0, 0.05) is 49.2 Å². The zero-order valence-corrected chi connectivity index (χ0v) is 16.0. The van der Waals surface area contributed by atoms with Gasteiger partial charge in [0.2, 0.25) is 0 Å². The summed E-state index contributed by atoms with van der Waals surface area (Å²) in [4.78, 5) is 33.6. The van der Waals surface area contributed by atoms with Gasteiger partial charge >= 0.3 is 0 Å². The van der Waals surface area contributed by atoms with Crippen LogP contribution in [-0.2, 0) is 0 Å². The van der Waals surface area contributed by atoms with E-state index < -0.39 is 0 Å². The Labute approximate surface area is 169 Å². The highest BCUT2D eigenvalue weighted by Crippen LogP contribution is 2.15. The smallest absolute Gasteiger partial charge is 0.255 e. The van der Waals surface area contributed by atoms with Crippen LogP contribution in [-0.4, -0.2) is 47.9 Å². The summed E-state index contributed by atoms with van der Waals surface area (Å²) >= 11 is 0. The van der Waals surface area contributed by atoms with Gasteiger partial charge in [-0.15, -0.1) is 0 Å². The molecule has 1 aromatic heterocycles. The van der Waals surface area contributed by atoms with Gasteiger partial charge in [-0.1, -0.05) is 24.3 Å². The van der Waals surface area contributed by atoms with Crippen LogP contribution < -0.4 is 10.2 Å².